The summed E-state index contributed by atoms with van der Waals surface area (Å²) >= 11 is 0. The minimum atomic E-state index is -3.58. The molecule has 7 heteroatoms. The number of hydrogen-bond acceptors (Lipinski definition) is 4. The Labute approximate surface area is 126 Å². The van der Waals surface area contributed by atoms with E-state index in [0.29, 0.717) is 19.4 Å². The Kier molecular flexibility index (Phi) is 5.24. The minimum Gasteiger partial charge on any atom is -0.331 e. The van der Waals surface area contributed by atoms with Crippen molar-refractivity contribution >= 4 is 21.8 Å². The molecule has 0 spiro atoms. The van der Waals surface area contributed by atoms with Crippen molar-refractivity contribution in [2.24, 2.45) is 5.92 Å². The van der Waals surface area contributed by atoms with Crippen molar-refractivity contribution in [1.82, 2.24) is 9.62 Å². The molecule has 1 heterocycles. The highest BCUT2D eigenvalue weighted by molar-refractivity contribution is 7.90. The number of nitrogens with zero attached hydrogens (tertiary/aromatic N) is 1. The summed E-state index contributed by atoms with van der Waals surface area (Å²) in [5.74, 6) is -0.409. The number of sulfonamides is 1. The van der Waals surface area contributed by atoms with Gasteiger partial charge in [-0.2, -0.15) is 0 Å². The Bertz CT molecular complexity index is 499. The van der Waals surface area contributed by atoms with Gasteiger partial charge in [-0.05, 0) is 38.0 Å². The predicted molar refractivity (Wildman–Crippen MR) is 78.9 cm³/mol. The zero-order valence-corrected chi connectivity index (χ0v) is 13.3. The van der Waals surface area contributed by atoms with Crippen LogP contribution in [0.3, 0.4) is 0 Å². The summed E-state index contributed by atoms with van der Waals surface area (Å²) in [6.07, 6.45) is 5.31. The second-order valence-electron chi connectivity index (χ2n) is 6.04. The van der Waals surface area contributed by atoms with Crippen LogP contribution in [0.5, 0.6) is 0 Å². The molecule has 2 aliphatic rings. The van der Waals surface area contributed by atoms with Crippen molar-refractivity contribution in [3.63, 3.8) is 0 Å². The summed E-state index contributed by atoms with van der Waals surface area (Å²) in [7, 11) is -3.58. The smallest absolute Gasteiger partial charge is 0.256 e. The van der Waals surface area contributed by atoms with Gasteiger partial charge in [-0.3, -0.25) is 14.3 Å². The molecule has 1 saturated heterocycles. The molecule has 21 heavy (non-hydrogen) atoms. The zero-order chi connectivity index (χ0) is 15.5. The number of likely N-dealkylation sites (tertiary alicyclic amines) is 1. The van der Waals surface area contributed by atoms with Gasteiger partial charge in [0.15, 0.2) is 0 Å². The second-order valence-corrected chi connectivity index (χ2v) is 7.81. The SMILES string of the molecule is CCCC(=O)N1CCCC1C(=O)NS(=O)(=O)CC1CCC1. The third-order valence-electron chi connectivity index (χ3n) is 4.28. The molecule has 0 aromatic rings. The monoisotopic (exact) mass is 316 g/mol. The molecule has 2 fully saturated rings. The van der Waals surface area contributed by atoms with Crippen molar-refractivity contribution in [1.29, 1.82) is 0 Å². The fraction of sp³-hybridized carbons (Fsp3) is 0.857. The lowest BCUT2D eigenvalue weighted by Crippen LogP contribution is -2.48. The minimum absolute atomic E-state index is 0.0222. The molecule has 1 unspecified atom stereocenters. The van der Waals surface area contributed by atoms with Crippen LogP contribution in [0, 0.1) is 5.92 Å². The van der Waals surface area contributed by atoms with Crippen LogP contribution in [-0.2, 0) is 19.6 Å². The molecule has 2 amide bonds. The molecular weight excluding hydrogens is 292 g/mol. The average molecular weight is 316 g/mol. The first-order chi connectivity index (χ1) is 9.93. The van der Waals surface area contributed by atoms with Gasteiger partial charge >= 0.3 is 0 Å². The van der Waals surface area contributed by atoms with E-state index in [2.05, 4.69) is 4.72 Å². The van der Waals surface area contributed by atoms with E-state index in [0.717, 1.165) is 32.1 Å². The highest BCUT2D eigenvalue weighted by atomic mass is 32.2. The molecule has 1 atom stereocenters. The Morgan fingerprint density at radius 3 is 2.48 bits per heavy atom. The van der Waals surface area contributed by atoms with E-state index in [-0.39, 0.29) is 17.6 Å². The van der Waals surface area contributed by atoms with Gasteiger partial charge in [-0.25, -0.2) is 8.42 Å². The zero-order valence-electron chi connectivity index (χ0n) is 12.5. The fourth-order valence-electron chi connectivity index (χ4n) is 2.93. The van der Waals surface area contributed by atoms with Crippen LogP contribution in [0.2, 0.25) is 0 Å². The maximum absolute atomic E-state index is 12.2. The number of carbonyl (C=O) groups is 2. The van der Waals surface area contributed by atoms with Crippen molar-refractivity contribution in [3.05, 3.63) is 0 Å². The lowest BCUT2D eigenvalue weighted by atomic mass is 9.87. The van der Waals surface area contributed by atoms with Crippen molar-refractivity contribution < 1.29 is 18.0 Å². The summed E-state index contributed by atoms with van der Waals surface area (Å²) in [6, 6.07) is -0.625. The van der Waals surface area contributed by atoms with E-state index < -0.39 is 22.0 Å². The van der Waals surface area contributed by atoms with E-state index in [4.69, 9.17) is 0 Å². The maximum Gasteiger partial charge on any atom is 0.256 e. The molecule has 1 aliphatic heterocycles. The van der Waals surface area contributed by atoms with E-state index >= 15 is 0 Å². The molecule has 1 saturated carbocycles. The van der Waals surface area contributed by atoms with Crippen molar-refractivity contribution in [3.8, 4) is 0 Å². The quantitative estimate of drug-likeness (QED) is 0.793. The van der Waals surface area contributed by atoms with Crippen LogP contribution in [0.15, 0.2) is 0 Å². The number of hydrogen-bond donors (Lipinski definition) is 1. The first-order valence-corrected chi connectivity index (χ1v) is 9.42. The predicted octanol–water partition coefficient (Wildman–Crippen LogP) is 1.02. The highest BCUT2D eigenvalue weighted by Crippen LogP contribution is 2.27. The molecule has 2 rings (SSSR count). The summed E-state index contributed by atoms with van der Waals surface area (Å²) in [4.78, 5) is 25.7. The number of amides is 2. The summed E-state index contributed by atoms with van der Waals surface area (Å²) in [6.45, 7) is 2.45. The molecule has 6 nitrogen and oxygen atoms in total. The molecule has 120 valence electrons. The van der Waals surface area contributed by atoms with Crippen molar-refractivity contribution in [2.45, 2.75) is 57.9 Å². The summed E-state index contributed by atoms with van der Waals surface area (Å²) < 4.78 is 26.1. The number of rotatable bonds is 6. The van der Waals surface area contributed by atoms with Gasteiger partial charge in [-0.1, -0.05) is 13.3 Å². The van der Waals surface area contributed by atoms with Gasteiger partial charge in [0.25, 0.3) is 5.91 Å². The van der Waals surface area contributed by atoms with Crippen LogP contribution in [0.1, 0.15) is 51.9 Å². The largest absolute Gasteiger partial charge is 0.331 e. The van der Waals surface area contributed by atoms with Gasteiger partial charge < -0.3 is 4.90 Å². The van der Waals surface area contributed by atoms with E-state index in [1.807, 2.05) is 6.92 Å². The van der Waals surface area contributed by atoms with Crippen LogP contribution in [0.25, 0.3) is 0 Å². The lowest BCUT2D eigenvalue weighted by Gasteiger charge is -2.26. The molecule has 0 radical (unpaired) electrons. The first-order valence-electron chi connectivity index (χ1n) is 7.76. The first kappa shape index (κ1) is 16.3. The lowest BCUT2D eigenvalue weighted by molar-refractivity contribution is -0.137. The van der Waals surface area contributed by atoms with Gasteiger partial charge in [0.1, 0.15) is 6.04 Å². The Balaban J connectivity index is 1.93. The van der Waals surface area contributed by atoms with Crippen molar-refractivity contribution in [2.75, 3.05) is 12.3 Å². The Hall–Kier alpha value is -1.11. The second kappa shape index (κ2) is 6.77. The van der Waals surface area contributed by atoms with Crippen LogP contribution < -0.4 is 4.72 Å². The molecular formula is C14H24N2O4S. The normalized spacial score (nSPS) is 22.9. The van der Waals surface area contributed by atoms with E-state index in [1.54, 1.807) is 0 Å². The fourth-order valence-corrected chi connectivity index (χ4v) is 4.41. The molecule has 0 aromatic carbocycles. The summed E-state index contributed by atoms with van der Waals surface area (Å²) in [5.41, 5.74) is 0. The number of carbonyl (C=O) groups excluding carboxylic acids is 2. The van der Waals surface area contributed by atoms with E-state index in [9.17, 15) is 18.0 Å². The van der Waals surface area contributed by atoms with Gasteiger partial charge in [-0.15, -0.1) is 0 Å². The topological polar surface area (TPSA) is 83.6 Å². The third-order valence-corrected chi connectivity index (χ3v) is 5.70. The Morgan fingerprint density at radius 2 is 1.90 bits per heavy atom. The highest BCUT2D eigenvalue weighted by Gasteiger charge is 2.36. The van der Waals surface area contributed by atoms with Crippen LogP contribution in [0.4, 0.5) is 0 Å². The van der Waals surface area contributed by atoms with Gasteiger partial charge in [0, 0.05) is 13.0 Å². The third kappa shape index (κ3) is 4.18. The van der Waals surface area contributed by atoms with Gasteiger partial charge in [0.05, 0.1) is 5.75 Å². The Morgan fingerprint density at radius 1 is 1.19 bits per heavy atom. The van der Waals surface area contributed by atoms with Crippen LogP contribution in [-0.4, -0.2) is 43.5 Å². The molecule has 0 aromatic heterocycles. The molecule has 1 N–H and O–H groups in total. The standard InChI is InChI=1S/C14H24N2O4S/c1-2-5-13(17)16-9-4-8-12(16)14(18)15-21(19,20)10-11-6-3-7-11/h11-12H,2-10H2,1H3,(H,15,18). The number of nitrogens with one attached hydrogen (secondary N) is 1. The van der Waals surface area contributed by atoms with E-state index in [1.165, 1.54) is 4.90 Å². The summed E-state index contributed by atoms with van der Waals surface area (Å²) in [5, 5.41) is 0. The van der Waals surface area contributed by atoms with Crippen LogP contribution >= 0.6 is 0 Å². The molecule has 1 aliphatic carbocycles. The average Bonchev–Trinajstić information content (AvgIpc) is 2.83. The maximum atomic E-state index is 12.2. The van der Waals surface area contributed by atoms with Gasteiger partial charge in [0.2, 0.25) is 15.9 Å². The molecule has 0 bridgehead atoms.